The predicted octanol–water partition coefficient (Wildman–Crippen LogP) is 2.96. The van der Waals surface area contributed by atoms with Crippen molar-refractivity contribution >= 4 is 21.7 Å². The molecule has 0 spiro atoms. The molecule has 0 bridgehead atoms. The van der Waals surface area contributed by atoms with Gasteiger partial charge in [-0.1, -0.05) is 6.92 Å². The number of rotatable bonds is 5. The van der Waals surface area contributed by atoms with Gasteiger partial charge in [-0.15, -0.1) is 0 Å². The third-order valence-corrected chi connectivity index (χ3v) is 2.87. The highest BCUT2D eigenvalue weighted by atomic mass is 79.9. The summed E-state index contributed by atoms with van der Waals surface area (Å²) in [4.78, 5) is 6.63. The van der Waals surface area contributed by atoms with Crippen molar-refractivity contribution in [3.05, 3.63) is 22.3 Å². The molecule has 0 aliphatic heterocycles. The van der Waals surface area contributed by atoms with Gasteiger partial charge in [-0.25, -0.2) is 4.98 Å². The van der Waals surface area contributed by atoms with Crippen molar-refractivity contribution < 1.29 is 5.11 Å². The normalized spacial score (nSPS) is 10.9. The molecule has 1 heterocycles. The third-order valence-electron chi connectivity index (χ3n) is 2.44. The summed E-state index contributed by atoms with van der Waals surface area (Å²) in [6, 6.07) is 2.31. The Labute approximate surface area is 106 Å². The van der Waals surface area contributed by atoms with E-state index in [-0.39, 0.29) is 6.61 Å². The van der Waals surface area contributed by atoms with Crippen LogP contribution in [0, 0.1) is 0 Å². The van der Waals surface area contributed by atoms with Crippen molar-refractivity contribution in [3.63, 3.8) is 0 Å². The molecule has 0 unspecified atom stereocenters. The predicted molar refractivity (Wildman–Crippen MR) is 70.6 cm³/mol. The minimum Gasteiger partial charge on any atom is -0.392 e. The van der Waals surface area contributed by atoms with Crippen LogP contribution < -0.4 is 4.90 Å². The first kappa shape index (κ1) is 13.5. The number of hydrogen-bond donors (Lipinski definition) is 1. The van der Waals surface area contributed by atoms with Crippen LogP contribution in [0.3, 0.4) is 0 Å². The van der Waals surface area contributed by atoms with Gasteiger partial charge < -0.3 is 10.0 Å². The topological polar surface area (TPSA) is 36.4 Å². The Kier molecular flexibility index (Phi) is 5.22. The number of pyridine rings is 1. The van der Waals surface area contributed by atoms with Crippen molar-refractivity contribution in [2.45, 2.75) is 39.8 Å². The molecule has 0 atom stereocenters. The summed E-state index contributed by atoms with van der Waals surface area (Å²) in [7, 11) is 0. The molecular weight excluding hydrogens is 268 g/mol. The minimum absolute atomic E-state index is 0.0225. The van der Waals surface area contributed by atoms with Crippen LogP contribution in [0.5, 0.6) is 0 Å². The Morgan fingerprint density at radius 1 is 1.50 bits per heavy atom. The van der Waals surface area contributed by atoms with Gasteiger partial charge in [-0.05, 0) is 42.3 Å². The van der Waals surface area contributed by atoms with E-state index in [2.05, 4.69) is 46.6 Å². The van der Waals surface area contributed by atoms with E-state index >= 15 is 0 Å². The second-order valence-corrected chi connectivity index (χ2v) is 5.00. The molecule has 1 rings (SSSR count). The van der Waals surface area contributed by atoms with Crippen molar-refractivity contribution in [3.8, 4) is 0 Å². The zero-order chi connectivity index (χ0) is 12.1. The highest BCUT2D eigenvalue weighted by Gasteiger charge is 2.14. The van der Waals surface area contributed by atoms with Crippen molar-refractivity contribution in [1.82, 2.24) is 4.98 Å². The molecule has 0 amide bonds. The maximum atomic E-state index is 9.35. The third kappa shape index (κ3) is 3.19. The quantitative estimate of drug-likeness (QED) is 0.904. The monoisotopic (exact) mass is 286 g/mol. The molecule has 0 aliphatic carbocycles. The largest absolute Gasteiger partial charge is 0.392 e. The number of hydrogen-bond acceptors (Lipinski definition) is 3. The Morgan fingerprint density at radius 2 is 2.19 bits per heavy atom. The van der Waals surface area contributed by atoms with Crippen molar-refractivity contribution in [1.29, 1.82) is 0 Å². The highest BCUT2D eigenvalue weighted by molar-refractivity contribution is 9.10. The van der Waals surface area contributed by atoms with Gasteiger partial charge in [0, 0.05) is 28.8 Å². The smallest absolute Gasteiger partial charge is 0.134 e. The molecule has 0 fully saturated rings. The van der Waals surface area contributed by atoms with Gasteiger partial charge >= 0.3 is 0 Å². The fraction of sp³-hybridized carbons (Fsp3) is 0.583. The molecular formula is C12H19BrN2O. The van der Waals surface area contributed by atoms with Gasteiger partial charge in [0.1, 0.15) is 5.82 Å². The fourth-order valence-electron chi connectivity index (χ4n) is 1.70. The number of halogens is 1. The lowest BCUT2D eigenvalue weighted by atomic mass is 10.2. The van der Waals surface area contributed by atoms with E-state index in [1.165, 1.54) is 0 Å². The highest BCUT2D eigenvalue weighted by Crippen LogP contribution is 2.23. The SMILES string of the molecule is CCCN(c1ncc(Br)cc1CO)C(C)C. The van der Waals surface area contributed by atoms with Crippen LogP contribution >= 0.6 is 15.9 Å². The van der Waals surface area contributed by atoms with Gasteiger partial charge in [-0.3, -0.25) is 0 Å². The van der Waals surface area contributed by atoms with E-state index in [4.69, 9.17) is 0 Å². The van der Waals surface area contributed by atoms with Crippen LogP contribution in [0.15, 0.2) is 16.7 Å². The second kappa shape index (κ2) is 6.21. The van der Waals surface area contributed by atoms with Crippen LogP contribution in [0.1, 0.15) is 32.8 Å². The number of aliphatic hydroxyl groups excluding tert-OH is 1. The maximum Gasteiger partial charge on any atom is 0.134 e. The summed E-state index contributed by atoms with van der Waals surface area (Å²) >= 11 is 3.37. The summed E-state index contributed by atoms with van der Waals surface area (Å²) in [6.45, 7) is 7.40. The Bertz CT molecular complexity index is 342. The lowest BCUT2D eigenvalue weighted by Crippen LogP contribution is -2.33. The van der Waals surface area contributed by atoms with Crippen LogP contribution in [0.2, 0.25) is 0 Å². The van der Waals surface area contributed by atoms with Gasteiger partial charge in [0.05, 0.1) is 6.61 Å². The minimum atomic E-state index is 0.0225. The lowest BCUT2D eigenvalue weighted by molar-refractivity contribution is 0.281. The number of anilines is 1. The summed E-state index contributed by atoms with van der Waals surface area (Å²) in [5.41, 5.74) is 0.872. The molecule has 0 saturated heterocycles. The van der Waals surface area contributed by atoms with Crippen LogP contribution in [-0.4, -0.2) is 22.7 Å². The second-order valence-electron chi connectivity index (χ2n) is 4.08. The van der Waals surface area contributed by atoms with Crippen molar-refractivity contribution in [2.75, 3.05) is 11.4 Å². The first-order valence-corrected chi connectivity index (χ1v) is 6.41. The van der Waals surface area contributed by atoms with Gasteiger partial charge in [0.25, 0.3) is 0 Å². The zero-order valence-electron chi connectivity index (χ0n) is 10.1. The Hall–Kier alpha value is -0.610. The number of nitrogens with zero attached hydrogens (tertiary/aromatic N) is 2. The molecule has 1 aromatic rings. The average Bonchev–Trinajstić information content (AvgIpc) is 2.26. The molecule has 0 aromatic carbocycles. The molecule has 0 radical (unpaired) electrons. The Balaban J connectivity index is 3.07. The van der Waals surface area contributed by atoms with Crippen LogP contribution in [0.4, 0.5) is 5.82 Å². The molecule has 1 N–H and O–H groups in total. The van der Waals surface area contributed by atoms with Gasteiger partial charge in [0.2, 0.25) is 0 Å². The molecule has 0 aliphatic rings. The van der Waals surface area contributed by atoms with Crippen LogP contribution in [0.25, 0.3) is 0 Å². The van der Waals surface area contributed by atoms with E-state index < -0.39 is 0 Å². The molecule has 4 heteroatoms. The Morgan fingerprint density at radius 3 is 2.69 bits per heavy atom. The number of aromatic nitrogens is 1. The standard InChI is InChI=1S/C12H19BrN2O/c1-4-5-15(9(2)3)12-10(8-16)6-11(13)7-14-12/h6-7,9,16H,4-5,8H2,1-3H3. The van der Waals surface area contributed by atoms with Gasteiger partial charge in [-0.2, -0.15) is 0 Å². The van der Waals surface area contributed by atoms with E-state index in [1.807, 2.05) is 6.07 Å². The molecule has 3 nitrogen and oxygen atoms in total. The lowest BCUT2D eigenvalue weighted by Gasteiger charge is -2.29. The van der Waals surface area contributed by atoms with Crippen molar-refractivity contribution in [2.24, 2.45) is 0 Å². The summed E-state index contributed by atoms with van der Waals surface area (Å²) in [6.07, 6.45) is 2.85. The first-order chi connectivity index (χ1) is 7.60. The maximum absolute atomic E-state index is 9.35. The first-order valence-electron chi connectivity index (χ1n) is 5.62. The molecule has 1 aromatic heterocycles. The van der Waals surface area contributed by atoms with E-state index in [1.54, 1.807) is 6.20 Å². The zero-order valence-corrected chi connectivity index (χ0v) is 11.7. The summed E-state index contributed by atoms with van der Waals surface area (Å²) in [5, 5.41) is 9.35. The number of aliphatic hydroxyl groups is 1. The van der Waals surface area contributed by atoms with E-state index in [0.29, 0.717) is 6.04 Å². The molecule has 90 valence electrons. The van der Waals surface area contributed by atoms with Crippen LogP contribution in [-0.2, 0) is 6.61 Å². The summed E-state index contributed by atoms with van der Waals surface area (Å²) < 4.78 is 0.903. The van der Waals surface area contributed by atoms with E-state index in [0.717, 1.165) is 28.8 Å². The molecule has 16 heavy (non-hydrogen) atoms. The average molecular weight is 287 g/mol. The fourth-order valence-corrected chi connectivity index (χ4v) is 2.08. The van der Waals surface area contributed by atoms with Gasteiger partial charge in [0.15, 0.2) is 0 Å². The summed E-state index contributed by atoms with van der Waals surface area (Å²) in [5.74, 6) is 0.891. The molecule has 0 saturated carbocycles. The van der Waals surface area contributed by atoms with E-state index in [9.17, 15) is 5.11 Å².